The Hall–Kier alpha value is -5.48. The number of nitrogens with zero attached hydrogens (tertiary/aromatic N) is 2. The van der Waals surface area contributed by atoms with Gasteiger partial charge in [0, 0.05) is 77.7 Å². The smallest absolute Gasteiger partial charge is 0.336 e. The summed E-state index contributed by atoms with van der Waals surface area (Å²) < 4.78 is 37.7. The first-order chi connectivity index (χ1) is 24.2. The first-order valence-corrected chi connectivity index (χ1v) is 16.6. The highest BCUT2D eigenvalue weighted by atomic mass is 19.3. The number of halogens is 2. The number of carboxylic acid groups (broad SMARTS) is 2. The van der Waals surface area contributed by atoms with Crippen LogP contribution in [0.1, 0.15) is 60.8 Å². The van der Waals surface area contributed by atoms with Crippen LogP contribution in [0.5, 0.6) is 5.75 Å². The van der Waals surface area contributed by atoms with Crippen LogP contribution >= 0.6 is 0 Å². The molecule has 2 aliphatic rings. The van der Waals surface area contributed by atoms with Crippen molar-refractivity contribution in [3.63, 3.8) is 0 Å². The Morgan fingerprint density at radius 2 is 1.36 bits per heavy atom. The highest BCUT2D eigenvalue weighted by Gasteiger charge is 2.37. The standard InChI is InChI=1S/C21H19F2NO3.C19H18N2O2/c1-27-19-8-4-6-14(20(25)26)16(19)12-24-17-7-3-2-5-13(17)15-11-21(22,23)10-9-18(15)24;22-19(23)14-6-2-1-5-13(14)12-21-17-8-4-3-7-15(17)16-11-20-10-9-18(16)21/h2-8H,9-12H2,1H3,(H,25,26);1-8,20H,9-12H2,(H,22,23). The van der Waals surface area contributed by atoms with E-state index in [2.05, 4.69) is 28.1 Å². The summed E-state index contributed by atoms with van der Waals surface area (Å²) in [6.07, 6.45) is 0.745. The predicted molar refractivity (Wildman–Crippen MR) is 188 cm³/mol. The number of fused-ring (bicyclic) bond motifs is 6. The summed E-state index contributed by atoms with van der Waals surface area (Å²) in [6, 6.07) is 28.0. The van der Waals surface area contributed by atoms with Gasteiger partial charge in [-0.25, -0.2) is 18.4 Å². The third-order valence-electron chi connectivity index (χ3n) is 9.87. The summed E-state index contributed by atoms with van der Waals surface area (Å²) in [5.41, 5.74) is 8.12. The number of aromatic nitrogens is 2. The molecular formula is C40H37F2N3O5. The van der Waals surface area contributed by atoms with E-state index in [0.29, 0.717) is 29.0 Å². The monoisotopic (exact) mass is 677 g/mol. The molecule has 0 radical (unpaired) electrons. The molecule has 50 heavy (non-hydrogen) atoms. The Labute approximate surface area is 287 Å². The molecule has 0 unspecified atom stereocenters. The molecule has 3 N–H and O–H groups in total. The van der Waals surface area contributed by atoms with E-state index in [1.54, 1.807) is 24.3 Å². The van der Waals surface area contributed by atoms with Crippen molar-refractivity contribution < 1.29 is 33.3 Å². The van der Waals surface area contributed by atoms with Crippen molar-refractivity contribution in [2.45, 2.75) is 51.2 Å². The zero-order chi connectivity index (χ0) is 35.0. The Balaban J connectivity index is 0.000000159. The molecule has 0 bridgehead atoms. The van der Waals surface area contributed by atoms with Crippen LogP contribution in [-0.2, 0) is 38.9 Å². The van der Waals surface area contributed by atoms with E-state index >= 15 is 0 Å². The fourth-order valence-electron chi connectivity index (χ4n) is 7.57. The maximum absolute atomic E-state index is 14.0. The van der Waals surface area contributed by atoms with Gasteiger partial charge in [0.15, 0.2) is 0 Å². The normalized spacial score (nSPS) is 14.8. The molecule has 0 spiro atoms. The number of carbonyl (C=O) groups is 2. The fourth-order valence-corrected chi connectivity index (χ4v) is 7.57. The third-order valence-corrected chi connectivity index (χ3v) is 9.87. The van der Waals surface area contributed by atoms with Gasteiger partial charge in [-0.1, -0.05) is 60.7 Å². The molecule has 8 rings (SSSR count). The number of hydrogen-bond acceptors (Lipinski definition) is 4. The number of methoxy groups -OCH3 is 1. The zero-order valence-corrected chi connectivity index (χ0v) is 27.6. The molecule has 1 aliphatic heterocycles. The van der Waals surface area contributed by atoms with E-state index < -0.39 is 17.9 Å². The zero-order valence-electron chi connectivity index (χ0n) is 27.6. The molecule has 256 valence electrons. The van der Waals surface area contributed by atoms with Gasteiger partial charge in [0.25, 0.3) is 5.92 Å². The molecule has 0 fully saturated rings. The van der Waals surface area contributed by atoms with Crippen molar-refractivity contribution >= 4 is 33.7 Å². The van der Waals surface area contributed by atoms with Crippen LogP contribution < -0.4 is 10.1 Å². The van der Waals surface area contributed by atoms with Gasteiger partial charge in [-0.05, 0) is 53.4 Å². The van der Waals surface area contributed by atoms with E-state index in [9.17, 15) is 28.6 Å². The van der Waals surface area contributed by atoms with Crippen LogP contribution in [0, 0.1) is 0 Å². The molecule has 6 aromatic rings. The second kappa shape index (κ2) is 13.4. The van der Waals surface area contributed by atoms with Crippen molar-refractivity contribution in [2.24, 2.45) is 0 Å². The summed E-state index contributed by atoms with van der Waals surface area (Å²) in [4.78, 5) is 23.2. The van der Waals surface area contributed by atoms with Crippen LogP contribution in [0.4, 0.5) is 8.78 Å². The summed E-state index contributed by atoms with van der Waals surface area (Å²) in [5.74, 6) is -4.14. The number of rotatable bonds is 7. The number of benzene rings is 4. The highest BCUT2D eigenvalue weighted by molar-refractivity contribution is 5.91. The lowest BCUT2D eigenvalue weighted by atomic mass is 9.92. The van der Waals surface area contributed by atoms with Gasteiger partial charge in [0.2, 0.25) is 0 Å². The molecule has 2 aromatic heterocycles. The van der Waals surface area contributed by atoms with E-state index in [-0.39, 0.29) is 31.4 Å². The lowest BCUT2D eigenvalue weighted by molar-refractivity contribution is -0.0125. The first-order valence-electron chi connectivity index (χ1n) is 16.6. The average molecular weight is 678 g/mol. The number of carboxylic acids is 2. The van der Waals surface area contributed by atoms with Gasteiger partial charge in [-0.2, -0.15) is 0 Å². The molecule has 0 saturated heterocycles. The predicted octanol–water partition coefficient (Wildman–Crippen LogP) is 7.55. The fraction of sp³-hybridized carbons (Fsp3) is 0.250. The van der Waals surface area contributed by atoms with Gasteiger partial charge in [0.1, 0.15) is 5.75 Å². The Morgan fingerprint density at radius 1 is 0.760 bits per heavy atom. The van der Waals surface area contributed by atoms with Crippen LogP contribution in [0.3, 0.4) is 0 Å². The van der Waals surface area contributed by atoms with Crippen LogP contribution in [-0.4, -0.2) is 50.9 Å². The number of aromatic carboxylic acids is 2. The largest absolute Gasteiger partial charge is 0.496 e. The number of para-hydroxylation sites is 2. The van der Waals surface area contributed by atoms with Gasteiger partial charge in [0.05, 0.1) is 24.8 Å². The molecule has 3 heterocycles. The van der Waals surface area contributed by atoms with Crippen molar-refractivity contribution in [3.05, 3.63) is 136 Å². The van der Waals surface area contributed by atoms with Gasteiger partial charge in [-0.3, -0.25) is 0 Å². The lowest BCUT2D eigenvalue weighted by Crippen LogP contribution is -2.26. The van der Waals surface area contributed by atoms with Crippen LogP contribution in [0.25, 0.3) is 21.8 Å². The Kier molecular flexibility index (Phi) is 8.88. The minimum absolute atomic E-state index is 0.155. The molecule has 8 nitrogen and oxygen atoms in total. The average Bonchev–Trinajstić information content (AvgIpc) is 3.60. The quantitative estimate of drug-likeness (QED) is 0.161. The summed E-state index contributed by atoms with van der Waals surface area (Å²) in [6.45, 7) is 2.69. The maximum Gasteiger partial charge on any atom is 0.336 e. The van der Waals surface area contributed by atoms with Crippen LogP contribution in [0.15, 0.2) is 91.0 Å². The molecular weight excluding hydrogens is 640 g/mol. The number of hydrogen-bond donors (Lipinski definition) is 3. The van der Waals surface area contributed by atoms with Gasteiger partial charge in [-0.15, -0.1) is 0 Å². The molecule has 0 amide bonds. The second-order valence-electron chi connectivity index (χ2n) is 12.8. The molecule has 4 aromatic carbocycles. The van der Waals surface area contributed by atoms with Crippen molar-refractivity contribution in [2.75, 3.05) is 13.7 Å². The topological polar surface area (TPSA) is 106 Å². The van der Waals surface area contributed by atoms with Crippen molar-refractivity contribution in [1.29, 1.82) is 0 Å². The van der Waals surface area contributed by atoms with E-state index in [1.165, 1.54) is 35.3 Å². The SMILES string of the molecule is COc1cccc(C(=O)O)c1Cn1c2c(c3ccccc31)CC(F)(F)CC2.O=C(O)c1ccccc1Cn1c2c(c3ccccc31)CNCC2. The summed E-state index contributed by atoms with van der Waals surface area (Å²) >= 11 is 0. The molecule has 0 saturated carbocycles. The van der Waals surface area contributed by atoms with Gasteiger partial charge >= 0.3 is 11.9 Å². The van der Waals surface area contributed by atoms with E-state index in [0.717, 1.165) is 41.7 Å². The van der Waals surface area contributed by atoms with Crippen LogP contribution in [0.2, 0.25) is 0 Å². The van der Waals surface area contributed by atoms with Crippen molar-refractivity contribution in [1.82, 2.24) is 14.5 Å². The first kappa shape index (κ1) is 33.0. The minimum atomic E-state index is -2.71. The number of alkyl halides is 2. The summed E-state index contributed by atoms with van der Waals surface area (Å²) in [5, 5.41) is 24.5. The van der Waals surface area contributed by atoms with E-state index in [4.69, 9.17) is 4.74 Å². The Bertz CT molecular complexity index is 2250. The minimum Gasteiger partial charge on any atom is -0.496 e. The van der Waals surface area contributed by atoms with E-state index in [1.807, 2.05) is 47.0 Å². The second-order valence-corrected chi connectivity index (χ2v) is 12.8. The molecule has 0 atom stereocenters. The lowest BCUT2D eigenvalue weighted by Gasteiger charge is -2.24. The Morgan fingerprint density at radius 3 is 2.06 bits per heavy atom. The molecule has 1 aliphatic carbocycles. The molecule has 10 heteroatoms. The van der Waals surface area contributed by atoms with Crippen molar-refractivity contribution in [3.8, 4) is 5.75 Å². The number of nitrogens with one attached hydrogen (secondary N) is 1. The summed E-state index contributed by atoms with van der Waals surface area (Å²) in [7, 11) is 1.49. The number of ether oxygens (including phenoxy) is 1. The third kappa shape index (κ3) is 6.11. The maximum atomic E-state index is 14.0. The van der Waals surface area contributed by atoms with Gasteiger partial charge < -0.3 is 29.4 Å². The highest BCUT2D eigenvalue weighted by Crippen LogP contribution is 2.40.